The fraction of sp³-hybridized carbons (Fsp3) is 0.600. The molecule has 0 bridgehead atoms. The molecular weight excluding hydrogens is 178 g/mol. The standard InChI is InChI=1S/C10H15N3O/c1-3-4-5-7-11-8-6-10-12-9(2)13-14-10/h1,11H,4-8H2,2H3. The van der Waals surface area contributed by atoms with Gasteiger partial charge in [0.25, 0.3) is 0 Å². The van der Waals surface area contributed by atoms with Crippen LogP contribution in [0.15, 0.2) is 4.52 Å². The summed E-state index contributed by atoms with van der Waals surface area (Å²) < 4.78 is 4.96. The van der Waals surface area contributed by atoms with Crippen LogP contribution in [-0.2, 0) is 6.42 Å². The Balaban J connectivity index is 2.02. The van der Waals surface area contributed by atoms with Gasteiger partial charge in [-0.1, -0.05) is 5.16 Å². The first kappa shape index (κ1) is 10.7. The molecule has 0 fully saturated rings. The van der Waals surface area contributed by atoms with E-state index >= 15 is 0 Å². The molecule has 14 heavy (non-hydrogen) atoms. The molecule has 0 unspecified atom stereocenters. The van der Waals surface area contributed by atoms with Crippen LogP contribution >= 0.6 is 0 Å². The van der Waals surface area contributed by atoms with E-state index in [1.807, 2.05) is 6.92 Å². The van der Waals surface area contributed by atoms with Gasteiger partial charge in [-0.3, -0.25) is 0 Å². The van der Waals surface area contributed by atoms with Crippen LogP contribution in [0.4, 0.5) is 0 Å². The molecule has 0 atom stereocenters. The molecule has 1 N–H and O–H groups in total. The molecule has 0 spiro atoms. The van der Waals surface area contributed by atoms with Gasteiger partial charge >= 0.3 is 0 Å². The normalized spacial score (nSPS) is 10.0. The van der Waals surface area contributed by atoms with Crippen LogP contribution in [0.5, 0.6) is 0 Å². The molecule has 0 aliphatic rings. The lowest BCUT2D eigenvalue weighted by Crippen LogP contribution is -2.18. The Labute approximate surface area is 84.1 Å². The second-order valence-corrected chi connectivity index (χ2v) is 3.04. The maximum atomic E-state index is 5.13. The summed E-state index contributed by atoms with van der Waals surface area (Å²) >= 11 is 0. The van der Waals surface area contributed by atoms with E-state index in [2.05, 4.69) is 21.4 Å². The lowest BCUT2D eigenvalue weighted by Gasteiger charge is -1.99. The lowest BCUT2D eigenvalue weighted by atomic mass is 10.3. The number of nitrogens with one attached hydrogen (secondary N) is 1. The third-order valence-electron chi connectivity index (χ3n) is 1.76. The molecule has 0 radical (unpaired) electrons. The minimum absolute atomic E-state index is 0.687. The predicted octanol–water partition coefficient (Wildman–Crippen LogP) is 0.924. The summed E-state index contributed by atoms with van der Waals surface area (Å²) in [4.78, 5) is 4.09. The third kappa shape index (κ3) is 4.06. The van der Waals surface area contributed by atoms with Gasteiger partial charge in [-0.2, -0.15) is 4.98 Å². The van der Waals surface area contributed by atoms with Crippen molar-refractivity contribution >= 4 is 0 Å². The van der Waals surface area contributed by atoms with Gasteiger partial charge in [-0.25, -0.2) is 0 Å². The van der Waals surface area contributed by atoms with Gasteiger partial charge in [0, 0.05) is 19.4 Å². The van der Waals surface area contributed by atoms with Crippen LogP contribution in [0.25, 0.3) is 0 Å². The van der Waals surface area contributed by atoms with Crippen molar-refractivity contribution in [2.24, 2.45) is 0 Å². The van der Waals surface area contributed by atoms with Crippen LogP contribution in [0.3, 0.4) is 0 Å². The van der Waals surface area contributed by atoms with Crippen molar-refractivity contribution in [3.63, 3.8) is 0 Å². The van der Waals surface area contributed by atoms with Crippen LogP contribution in [0, 0.1) is 19.3 Å². The highest BCUT2D eigenvalue weighted by Gasteiger charge is 2.00. The van der Waals surface area contributed by atoms with Crippen molar-refractivity contribution in [1.82, 2.24) is 15.5 Å². The molecule has 1 heterocycles. The van der Waals surface area contributed by atoms with E-state index in [1.165, 1.54) is 0 Å². The summed E-state index contributed by atoms with van der Waals surface area (Å²) in [5.41, 5.74) is 0. The average molecular weight is 193 g/mol. The van der Waals surface area contributed by atoms with Gasteiger partial charge in [0.2, 0.25) is 5.89 Å². The zero-order valence-corrected chi connectivity index (χ0v) is 8.42. The van der Waals surface area contributed by atoms with Crippen molar-refractivity contribution < 1.29 is 4.52 Å². The Kier molecular flexibility index (Phi) is 4.73. The first-order chi connectivity index (χ1) is 6.83. The molecule has 76 valence electrons. The van der Waals surface area contributed by atoms with E-state index in [-0.39, 0.29) is 0 Å². The Hall–Kier alpha value is -1.34. The lowest BCUT2D eigenvalue weighted by molar-refractivity contribution is 0.372. The highest BCUT2D eigenvalue weighted by atomic mass is 16.5. The van der Waals surface area contributed by atoms with Crippen molar-refractivity contribution in [3.8, 4) is 12.3 Å². The number of unbranched alkanes of at least 4 members (excludes halogenated alkanes) is 1. The molecule has 4 nitrogen and oxygen atoms in total. The Morgan fingerprint density at radius 3 is 3.00 bits per heavy atom. The van der Waals surface area contributed by atoms with Crippen LogP contribution in [-0.4, -0.2) is 23.2 Å². The molecule has 0 saturated heterocycles. The molecule has 0 aliphatic heterocycles. The Morgan fingerprint density at radius 1 is 1.50 bits per heavy atom. The number of hydrogen-bond acceptors (Lipinski definition) is 4. The highest BCUT2D eigenvalue weighted by Crippen LogP contribution is 1.95. The summed E-state index contributed by atoms with van der Waals surface area (Å²) in [7, 11) is 0. The SMILES string of the molecule is C#CCCCNCCc1nc(C)no1. The quantitative estimate of drug-likeness (QED) is 0.539. The molecule has 4 heteroatoms. The minimum Gasteiger partial charge on any atom is -0.339 e. The zero-order chi connectivity index (χ0) is 10.2. The zero-order valence-electron chi connectivity index (χ0n) is 8.42. The number of terminal acetylenes is 1. The summed E-state index contributed by atoms with van der Waals surface area (Å²) in [6.45, 7) is 3.61. The summed E-state index contributed by atoms with van der Waals surface area (Å²) in [6.07, 6.45) is 7.74. The van der Waals surface area contributed by atoms with Crippen LogP contribution < -0.4 is 5.32 Å². The first-order valence-electron chi connectivity index (χ1n) is 4.76. The van der Waals surface area contributed by atoms with Crippen LogP contribution in [0.1, 0.15) is 24.6 Å². The van der Waals surface area contributed by atoms with E-state index in [1.54, 1.807) is 0 Å². The highest BCUT2D eigenvalue weighted by molar-refractivity contribution is 4.84. The molecular formula is C10H15N3O. The number of aromatic nitrogens is 2. The van der Waals surface area contributed by atoms with E-state index in [0.717, 1.165) is 32.4 Å². The van der Waals surface area contributed by atoms with Gasteiger partial charge in [0.1, 0.15) is 0 Å². The molecule has 0 aliphatic carbocycles. The first-order valence-corrected chi connectivity index (χ1v) is 4.76. The Bertz CT molecular complexity index is 301. The van der Waals surface area contributed by atoms with Gasteiger partial charge in [-0.15, -0.1) is 12.3 Å². The fourth-order valence-corrected chi connectivity index (χ4v) is 1.08. The summed E-state index contributed by atoms with van der Waals surface area (Å²) in [6, 6.07) is 0. The van der Waals surface area contributed by atoms with Crippen molar-refractivity contribution in [3.05, 3.63) is 11.7 Å². The Morgan fingerprint density at radius 2 is 2.36 bits per heavy atom. The summed E-state index contributed by atoms with van der Waals surface area (Å²) in [5.74, 6) is 3.97. The number of hydrogen-bond donors (Lipinski definition) is 1. The van der Waals surface area contributed by atoms with E-state index < -0.39 is 0 Å². The topological polar surface area (TPSA) is 51.0 Å². The van der Waals surface area contributed by atoms with Gasteiger partial charge in [0.05, 0.1) is 0 Å². The number of rotatable bonds is 6. The summed E-state index contributed by atoms with van der Waals surface area (Å²) in [5, 5.41) is 6.96. The minimum atomic E-state index is 0.687. The van der Waals surface area contributed by atoms with Gasteiger partial charge < -0.3 is 9.84 Å². The predicted molar refractivity (Wildman–Crippen MR) is 53.7 cm³/mol. The molecule has 0 saturated carbocycles. The second kappa shape index (κ2) is 6.17. The van der Waals surface area contributed by atoms with Crippen molar-refractivity contribution in [1.29, 1.82) is 0 Å². The van der Waals surface area contributed by atoms with E-state index in [0.29, 0.717) is 11.7 Å². The van der Waals surface area contributed by atoms with Crippen molar-refractivity contribution in [2.45, 2.75) is 26.2 Å². The number of aryl methyl sites for hydroxylation is 1. The maximum absolute atomic E-state index is 5.13. The van der Waals surface area contributed by atoms with Crippen molar-refractivity contribution in [2.75, 3.05) is 13.1 Å². The van der Waals surface area contributed by atoms with E-state index in [4.69, 9.17) is 10.9 Å². The maximum Gasteiger partial charge on any atom is 0.227 e. The molecule has 0 amide bonds. The third-order valence-corrected chi connectivity index (χ3v) is 1.76. The number of nitrogens with zero attached hydrogens (tertiary/aromatic N) is 2. The monoisotopic (exact) mass is 193 g/mol. The molecule has 1 aromatic rings. The molecule has 0 aromatic carbocycles. The molecule has 1 aromatic heterocycles. The fourth-order valence-electron chi connectivity index (χ4n) is 1.08. The second-order valence-electron chi connectivity index (χ2n) is 3.04. The smallest absolute Gasteiger partial charge is 0.227 e. The average Bonchev–Trinajstić information content (AvgIpc) is 2.58. The van der Waals surface area contributed by atoms with Gasteiger partial charge in [0.15, 0.2) is 5.82 Å². The van der Waals surface area contributed by atoms with Crippen LogP contribution in [0.2, 0.25) is 0 Å². The largest absolute Gasteiger partial charge is 0.339 e. The van der Waals surface area contributed by atoms with Gasteiger partial charge in [-0.05, 0) is 19.9 Å². The molecule has 1 rings (SSSR count). The van der Waals surface area contributed by atoms with E-state index in [9.17, 15) is 0 Å².